The van der Waals surface area contributed by atoms with Gasteiger partial charge in [-0.05, 0) is 64.8 Å². The second-order valence-corrected chi connectivity index (χ2v) is 8.00. The van der Waals surface area contributed by atoms with E-state index in [0.717, 1.165) is 27.2 Å². The van der Waals surface area contributed by atoms with Crippen molar-refractivity contribution >= 4 is 22.7 Å². The molecule has 0 aliphatic carbocycles. The molecule has 0 fully saturated rings. The van der Waals surface area contributed by atoms with E-state index < -0.39 is 17.3 Å². The van der Waals surface area contributed by atoms with E-state index in [1.165, 1.54) is 17.1 Å². The van der Waals surface area contributed by atoms with Crippen LogP contribution >= 0.6 is 0 Å². The number of hydrogen-bond acceptors (Lipinski definition) is 4. The lowest BCUT2D eigenvalue weighted by molar-refractivity contribution is -0.119. The molecule has 1 atom stereocenters. The largest absolute Gasteiger partial charge is 0.333 e. The van der Waals surface area contributed by atoms with Gasteiger partial charge in [0.25, 0.3) is 5.56 Å². The molecule has 0 aliphatic rings. The summed E-state index contributed by atoms with van der Waals surface area (Å²) in [6.07, 6.45) is 0. The van der Waals surface area contributed by atoms with Crippen molar-refractivity contribution in [2.75, 3.05) is 0 Å². The van der Waals surface area contributed by atoms with Crippen LogP contribution in [0, 0.1) is 27.7 Å². The van der Waals surface area contributed by atoms with Gasteiger partial charge in [-0.25, -0.2) is 9.36 Å². The average Bonchev–Trinajstić information content (AvgIpc) is 3.18. The quantitative estimate of drug-likeness (QED) is 0.522. The third-order valence-corrected chi connectivity index (χ3v) is 6.19. The van der Waals surface area contributed by atoms with E-state index in [2.05, 4.69) is 31.0 Å². The first-order chi connectivity index (χ1) is 14.1. The molecular formula is C22H25N5O3. The Labute approximate surface area is 173 Å². The Hall–Kier alpha value is -3.42. The number of nitrogens with zero attached hydrogens (tertiary/aromatic N) is 5. The molecule has 8 nitrogen and oxygen atoms in total. The Morgan fingerprint density at radius 3 is 2.30 bits per heavy atom. The van der Waals surface area contributed by atoms with Crippen molar-refractivity contribution in [2.24, 2.45) is 7.05 Å². The second kappa shape index (κ2) is 6.55. The molecular weight excluding hydrogens is 382 g/mol. The number of aryl methyl sites for hydroxylation is 4. The highest BCUT2D eigenvalue weighted by molar-refractivity contribution is 5.81. The summed E-state index contributed by atoms with van der Waals surface area (Å²) in [6, 6.07) is 5.30. The molecule has 0 saturated heterocycles. The van der Waals surface area contributed by atoms with Crippen LogP contribution in [0.2, 0.25) is 0 Å². The summed E-state index contributed by atoms with van der Waals surface area (Å²) in [5.74, 6) is 0.304. The van der Waals surface area contributed by atoms with Crippen LogP contribution in [0.3, 0.4) is 0 Å². The van der Waals surface area contributed by atoms with Gasteiger partial charge in [0, 0.05) is 24.1 Å². The Balaban J connectivity index is 2.19. The number of Topliss-reactive ketones (excluding diaryl/α,β-unsaturated/α-hetero) is 1. The zero-order valence-electron chi connectivity index (χ0n) is 18.3. The summed E-state index contributed by atoms with van der Waals surface area (Å²) in [5, 5.41) is 0. The molecule has 4 aromatic rings. The molecule has 0 saturated carbocycles. The number of carbonyl (C=O) groups is 1. The maximum atomic E-state index is 13.4. The molecule has 8 heteroatoms. The topological polar surface area (TPSA) is 83.3 Å². The molecule has 3 heterocycles. The zero-order valence-corrected chi connectivity index (χ0v) is 18.3. The third kappa shape index (κ3) is 2.52. The van der Waals surface area contributed by atoms with E-state index >= 15 is 0 Å². The lowest BCUT2D eigenvalue weighted by Gasteiger charge is -2.12. The van der Waals surface area contributed by atoms with E-state index in [1.54, 1.807) is 18.4 Å². The summed E-state index contributed by atoms with van der Waals surface area (Å²) < 4.78 is 6.12. The number of rotatable bonds is 3. The van der Waals surface area contributed by atoms with Gasteiger partial charge >= 0.3 is 5.69 Å². The van der Waals surface area contributed by atoms with E-state index in [0.29, 0.717) is 16.9 Å². The van der Waals surface area contributed by atoms with Gasteiger partial charge < -0.3 is 0 Å². The van der Waals surface area contributed by atoms with Crippen LogP contribution in [0.1, 0.15) is 42.4 Å². The number of imidazole rings is 2. The van der Waals surface area contributed by atoms with Crippen molar-refractivity contribution in [1.29, 1.82) is 0 Å². The van der Waals surface area contributed by atoms with E-state index in [4.69, 9.17) is 0 Å². The number of ketones is 1. The SMILES string of the molecule is CC(=O)[C@@H](C)n1c(=O)c2c(nc3n(-c4ccc(C)c(C)c4)c(C)c(C)n23)n(C)c1=O. The minimum absolute atomic E-state index is 0.255. The van der Waals surface area contributed by atoms with Crippen molar-refractivity contribution < 1.29 is 4.79 Å². The summed E-state index contributed by atoms with van der Waals surface area (Å²) in [7, 11) is 1.57. The van der Waals surface area contributed by atoms with Crippen LogP contribution in [-0.2, 0) is 11.8 Å². The first-order valence-corrected chi connectivity index (χ1v) is 9.86. The molecule has 0 bridgehead atoms. The zero-order chi connectivity index (χ0) is 22.1. The molecule has 156 valence electrons. The first kappa shape index (κ1) is 19.9. The van der Waals surface area contributed by atoms with Gasteiger partial charge in [0.2, 0.25) is 5.78 Å². The first-order valence-electron chi connectivity index (χ1n) is 9.86. The fourth-order valence-electron chi connectivity index (χ4n) is 3.91. The van der Waals surface area contributed by atoms with Crippen molar-refractivity contribution in [2.45, 2.75) is 47.6 Å². The third-order valence-electron chi connectivity index (χ3n) is 6.19. The Kier molecular flexibility index (Phi) is 4.34. The van der Waals surface area contributed by atoms with E-state index in [9.17, 15) is 14.4 Å². The van der Waals surface area contributed by atoms with Gasteiger partial charge in [-0.2, -0.15) is 4.98 Å². The van der Waals surface area contributed by atoms with Crippen LogP contribution in [0.25, 0.3) is 22.6 Å². The lowest BCUT2D eigenvalue weighted by atomic mass is 10.1. The molecule has 0 radical (unpaired) electrons. The van der Waals surface area contributed by atoms with Gasteiger partial charge in [0.15, 0.2) is 16.9 Å². The van der Waals surface area contributed by atoms with Crippen LogP contribution < -0.4 is 11.2 Å². The van der Waals surface area contributed by atoms with Gasteiger partial charge in [0.05, 0.1) is 6.04 Å². The molecule has 0 N–H and O–H groups in total. The summed E-state index contributed by atoms with van der Waals surface area (Å²) in [6.45, 7) is 10.9. The Bertz CT molecular complexity index is 1480. The molecule has 1 aromatic carbocycles. The van der Waals surface area contributed by atoms with Gasteiger partial charge in [-0.15, -0.1) is 0 Å². The Morgan fingerprint density at radius 1 is 1.03 bits per heavy atom. The second-order valence-electron chi connectivity index (χ2n) is 8.00. The van der Waals surface area contributed by atoms with Crippen molar-refractivity contribution in [1.82, 2.24) is 23.1 Å². The highest BCUT2D eigenvalue weighted by Crippen LogP contribution is 2.25. The Morgan fingerprint density at radius 2 is 1.70 bits per heavy atom. The average molecular weight is 407 g/mol. The number of aromatic nitrogens is 5. The van der Waals surface area contributed by atoms with Gasteiger partial charge in [-0.1, -0.05) is 6.07 Å². The summed E-state index contributed by atoms with van der Waals surface area (Å²) >= 11 is 0. The van der Waals surface area contributed by atoms with Crippen LogP contribution in [-0.4, -0.2) is 28.9 Å². The number of fused-ring (bicyclic) bond motifs is 3. The van der Waals surface area contributed by atoms with Crippen LogP contribution in [0.5, 0.6) is 0 Å². The van der Waals surface area contributed by atoms with Crippen LogP contribution in [0.4, 0.5) is 0 Å². The highest BCUT2D eigenvalue weighted by Gasteiger charge is 2.25. The molecule has 0 spiro atoms. The number of benzene rings is 1. The normalized spacial score (nSPS) is 12.8. The number of carbonyl (C=O) groups excluding carboxylic acids is 1. The van der Waals surface area contributed by atoms with Crippen LogP contribution in [0.15, 0.2) is 27.8 Å². The maximum absolute atomic E-state index is 13.4. The predicted octanol–water partition coefficient (Wildman–Crippen LogP) is 2.52. The predicted molar refractivity (Wildman–Crippen MR) is 116 cm³/mol. The van der Waals surface area contributed by atoms with Crippen molar-refractivity contribution in [3.8, 4) is 5.69 Å². The molecule has 4 rings (SSSR count). The van der Waals surface area contributed by atoms with Gasteiger partial charge in [-0.3, -0.25) is 23.1 Å². The standard InChI is InChI=1S/C22H25N5O3/c1-11-8-9-17(10-12(11)2)25-13(3)14(4)26-18-19(23-21(25)26)24(7)22(30)27(20(18)29)15(5)16(6)28/h8-10,15H,1-7H3/t15-/m1/s1. The molecule has 0 unspecified atom stereocenters. The van der Waals surface area contributed by atoms with E-state index in [-0.39, 0.29) is 5.78 Å². The lowest BCUT2D eigenvalue weighted by Crippen LogP contribution is -2.42. The molecule has 0 amide bonds. The fourth-order valence-corrected chi connectivity index (χ4v) is 3.91. The fraction of sp³-hybridized carbons (Fsp3) is 0.364. The van der Waals surface area contributed by atoms with Crippen molar-refractivity contribution in [3.05, 3.63) is 61.6 Å². The minimum Gasteiger partial charge on any atom is -0.298 e. The van der Waals surface area contributed by atoms with Crippen molar-refractivity contribution in [3.63, 3.8) is 0 Å². The maximum Gasteiger partial charge on any atom is 0.333 e. The minimum atomic E-state index is -0.852. The molecule has 3 aromatic heterocycles. The molecule has 0 aliphatic heterocycles. The monoisotopic (exact) mass is 407 g/mol. The summed E-state index contributed by atoms with van der Waals surface area (Å²) in [5.41, 5.74) is 4.60. The highest BCUT2D eigenvalue weighted by atomic mass is 16.2. The van der Waals surface area contributed by atoms with Gasteiger partial charge in [0.1, 0.15) is 0 Å². The van der Waals surface area contributed by atoms with E-state index in [1.807, 2.05) is 24.5 Å². The smallest absolute Gasteiger partial charge is 0.298 e. The summed E-state index contributed by atoms with van der Waals surface area (Å²) in [4.78, 5) is 42.8. The molecule has 30 heavy (non-hydrogen) atoms. The number of hydrogen-bond donors (Lipinski definition) is 0.